The highest BCUT2D eigenvalue weighted by Crippen LogP contribution is 2.04. The van der Waals surface area contributed by atoms with E-state index in [2.05, 4.69) is 43.3 Å². The second-order valence-corrected chi connectivity index (χ2v) is 4.07. The van der Waals surface area contributed by atoms with Crippen LogP contribution in [0.3, 0.4) is 0 Å². The molecule has 1 rings (SSSR count). The molecule has 0 unspecified atom stereocenters. The van der Waals surface area contributed by atoms with E-state index in [0.717, 1.165) is 19.4 Å². The molecule has 2 heteroatoms. The Morgan fingerprint density at radius 1 is 1.12 bits per heavy atom. The Hall–Kier alpha value is -1.12. The van der Waals surface area contributed by atoms with E-state index in [4.69, 9.17) is 9.47 Å². The third kappa shape index (κ3) is 6.93. The van der Waals surface area contributed by atoms with Crippen molar-refractivity contribution in [3.8, 4) is 0 Å². The van der Waals surface area contributed by atoms with Crippen molar-refractivity contribution in [2.45, 2.75) is 33.3 Å². The molecular weight excluding hydrogens is 212 g/mol. The molecule has 0 radical (unpaired) electrons. The van der Waals surface area contributed by atoms with Gasteiger partial charge in [-0.05, 0) is 32.3 Å². The molecule has 0 spiro atoms. The first-order valence-corrected chi connectivity index (χ1v) is 6.15. The van der Waals surface area contributed by atoms with Gasteiger partial charge in [-0.2, -0.15) is 0 Å². The van der Waals surface area contributed by atoms with Gasteiger partial charge in [-0.3, -0.25) is 0 Å². The van der Waals surface area contributed by atoms with Crippen LogP contribution in [0.2, 0.25) is 0 Å². The van der Waals surface area contributed by atoms with Crippen molar-refractivity contribution in [3.05, 3.63) is 47.5 Å². The maximum atomic E-state index is 5.43. The highest BCUT2D eigenvalue weighted by molar-refractivity contribution is 5.20. The molecule has 0 heterocycles. The summed E-state index contributed by atoms with van der Waals surface area (Å²) in [6.07, 6.45) is 6.34. The van der Waals surface area contributed by atoms with Crippen molar-refractivity contribution < 1.29 is 9.47 Å². The molecule has 0 N–H and O–H groups in total. The van der Waals surface area contributed by atoms with Gasteiger partial charge in [-0.15, -0.1) is 0 Å². The van der Waals surface area contributed by atoms with Crippen LogP contribution >= 0.6 is 0 Å². The molecule has 1 aromatic carbocycles. The Bertz CT molecular complexity index is 314. The molecule has 0 aliphatic carbocycles. The molecule has 0 bridgehead atoms. The van der Waals surface area contributed by atoms with Gasteiger partial charge in [0.25, 0.3) is 0 Å². The maximum Gasteiger partial charge on any atom is 0.147 e. The number of aryl methyl sites for hydroxylation is 1. The summed E-state index contributed by atoms with van der Waals surface area (Å²) < 4.78 is 10.8. The Kier molecular flexibility index (Phi) is 7.35. The van der Waals surface area contributed by atoms with Gasteiger partial charge in [-0.1, -0.05) is 42.0 Å². The van der Waals surface area contributed by atoms with Crippen molar-refractivity contribution in [2.75, 3.05) is 13.4 Å². The number of ether oxygens (including phenoxy) is 2. The predicted molar refractivity (Wildman–Crippen MR) is 70.8 cm³/mol. The summed E-state index contributed by atoms with van der Waals surface area (Å²) in [6.45, 7) is 5.88. The molecule has 0 saturated carbocycles. The van der Waals surface area contributed by atoms with Crippen LogP contribution in [0, 0.1) is 6.92 Å². The molecule has 0 fully saturated rings. The fourth-order valence-corrected chi connectivity index (χ4v) is 1.43. The average molecular weight is 234 g/mol. The quantitative estimate of drug-likeness (QED) is 0.386. The summed E-state index contributed by atoms with van der Waals surface area (Å²) >= 11 is 0. The molecule has 0 aromatic heterocycles. The zero-order valence-electron chi connectivity index (χ0n) is 10.8. The molecule has 1 aromatic rings. The summed E-state index contributed by atoms with van der Waals surface area (Å²) in [6, 6.07) is 8.36. The van der Waals surface area contributed by atoms with Crippen molar-refractivity contribution in [1.82, 2.24) is 0 Å². The first kappa shape index (κ1) is 13.9. The monoisotopic (exact) mass is 234 g/mol. The summed E-state index contributed by atoms with van der Waals surface area (Å²) in [5, 5.41) is 0. The van der Waals surface area contributed by atoms with Gasteiger partial charge in [0.2, 0.25) is 0 Å². The Balaban J connectivity index is 1.99. The number of hydrogen-bond donors (Lipinski definition) is 0. The lowest BCUT2D eigenvalue weighted by Gasteiger charge is -2.05. The fourth-order valence-electron chi connectivity index (χ4n) is 1.43. The van der Waals surface area contributed by atoms with E-state index in [1.54, 1.807) is 0 Å². The van der Waals surface area contributed by atoms with Gasteiger partial charge < -0.3 is 9.47 Å². The lowest BCUT2D eigenvalue weighted by molar-refractivity contribution is -0.0618. The minimum atomic E-state index is 0.379. The van der Waals surface area contributed by atoms with Crippen LogP contribution in [0.5, 0.6) is 0 Å². The molecule has 17 heavy (non-hydrogen) atoms. The zero-order chi connectivity index (χ0) is 12.3. The molecule has 0 atom stereocenters. The minimum Gasteiger partial charge on any atom is -0.355 e. The van der Waals surface area contributed by atoms with Crippen molar-refractivity contribution in [2.24, 2.45) is 0 Å². The second kappa shape index (κ2) is 8.97. The van der Waals surface area contributed by atoms with Crippen molar-refractivity contribution >= 4 is 0 Å². The summed E-state index contributed by atoms with van der Waals surface area (Å²) in [5.41, 5.74) is 2.46. The Morgan fingerprint density at radius 2 is 1.88 bits per heavy atom. The molecule has 0 aliphatic rings. The van der Waals surface area contributed by atoms with Crippen LogP contribution in [0.1, 0.15) is 30.9 Å². The maximum absolute atomic E-state index is 5.43. The number of rotatable bonds is 8. The van der Waals surface area contributed by atoms with Gasteiger partial charge in [-0.25, -0.2) is 0 Å². The SMILES string of the molecule is C/C=C\CCCOCOCc1ccc(C)cc1. The van der Waals surface area contributed by atoms with Crippen LogP contribution < -0.4 is 0 Å². The minimum absolute atomic E-state index is 0.379. The van der Waals surface area contributed by atoms with E-state index in [9.17, 15) is 0 Å². The van der Waals surface area contributed by atoms with Crippen molar-refractivity contribution in [1.29, 1.82) is 0 Å². The molecule has 94 valence electrons. The number of allylic oxidation sites excluding steroid dienone is 2. The number of hydrogen-bond acceptors (Lipinski definition) is 2. The first-order valence-electron chi connectivity index (χ1n) is 6.15. The predicted octanol–water partition coefficient (Wildman–Crippen LogP) is 3.84. The topological polar surface area (TPSA) is 18.5 Å². The highest BCUT2D eigenvalue weighted by atomic mass is 16.7. The first-order chi connectivity index (χ1) is 8.33. The smallest absolute Gasteiger partial charge is 0.147 e. The lowest BCUT2D eigenvalue weighted by atomic mass is 10.2. The molecule has 0 amide bonds. The van der Waals surface area contributed by atoms with Gasteiger partial charge in [0.1, 0.15) is 6.79 Å². The molecular formula is C15H22O2. The molecule has 0 saturated heterocycles. The van der Waals surface area contributed by atoms with E-state index >= 15 is 0 Å². The van der Waals surface area contributed by atoms with E-state index in [1.165, 1.54) is 11.1 Å². The zero-order valence-corrected chi connectivity index (χ0v) is 10.8. The lowest BCUT2D eigenvalue weighted by Crippen LogP contribution is -2.01. The fraction of sp³-hybridized carbons (Fsp3) is 0.467. The second-order valence-electron chi connectivity index (χ2n) is 4.07. The highest BCUT2D eigenvalue weighted by Gasteiger charge is 1.93. The average Bonchev–Trinajstić information content (AvgIpc) is 2.35. The van der Waals surface area contributed by atoms with Crippen molar-refractivity contribution in [3.63, 3.8) is 0 Å². The van der Waals surface area contributed by atoms with Gasteiger partial charge in [0.05, 0.1) is 6.61 Å². The van der Waals surface area contributed by atoms with Gasteiger partial charge in [0.15, 0.2) is 0 Å². The summed E-state index contributed by atoms with van der Waals surface area (Å²) in [5.74, 6) is 0. The summed E-state index contributed by atoms with van der Waals surface area (Å²) in [4.78, 5) is 0. The standard InChI is InChI=1S/C15H22O2/c1-3-4-5-6-11-16-13-17-12-15-9-7-14(2)8-10-15/h3-4,7-10H,5-6,11-13H2,1-2H3/b4-3-. The van der Waals surface area contributed by atoms with Gasteiger partial charge in [0, 0.05) is 6.61 Å². The van der Waals surface area contributed by atoms with Crippen LogP contribution in [0.15, 0.2) is 36.4 Å². The Labute approximate surface area is 104 Å². The molecule has 0 aliphatic heterocycles. The van der Waals surface area contributed by atoms with Crippen LogP contribution in [-0.4, -0.2) is 13.4 Å². The van der Waals surface area contributed by atoms with E-state index in [-0.39, 0.29) is 0 Å². The number of unbranched alkanes of at least 4 members (excludes halogenated alkanes) is 1. The number of benzene rings is 1. The van der Waals surface area contributed by atoms with E-state index in [0.29, 0.717) is 13.4 Å². The largest absolute Gasteiger partial charge is 0.355 e. The normalized spacial score (nSPS) is 11.2. The van der Waals surface area contributed by atoms with Crippen LogP contribution in [0.4, 0.5) is 0 Å². The van der Waals surface area contributed by atoms with Crippen LogP contribution in [0.25, 0.3) is 0 Å². The third-order valence-corrected chi connectivity index (χ3v) is 2.45. The summed E-state index contributed by atoms with van der Waals surface area (Å²) in [7, 11) is 0. The third-order valence-electron chi connectivity index (χ3n) is 2.45. The molecule has 2 nitrogen and oxygen atoms in total. The van der Waals surface area contributed by atoms with E-state index in [1.807, 2.05) is 6.92 Å². The van der Waals surface area contributed by atoms with Gasteiger partial charge >= 0.3 is 0 Å². The Morgan fingerprint density at radius 3 is 2.59 bits per heavy atom. The van der Waals surface area contributed by atoms with Crippen LogP contribution in [-0.2, 0) is 16.1 Å². The van der Waals surface area contributed by atoms with E-state index < -0.39 is 0 Å².